The Kier molecular flexibility index (Phi) is 6.26. The second-order valence-corrected chi connectivity index (χ2v) is 5.73. The second-order valence-electron chi connectivity index (χ2n) is 5.73. The van der Waals surface area contributed by atoms with Gasteiger partial charge in [-0.25, -0.2) is 4.79 Å². The Morgan fingerprint density at radius 1 is 1.50 bits per heavy atom. The first-order valence-corrected chi connectivity index (χ1v) is 7.34. The maximum absolute atomic E-state index is 12.3. The summed E-state index contributed by atoms with van der Waals surface area (Å²) in [6.07, 6.45) is 1.86. The van der Waals surface area contributed by atoms with Crippen LogP contribution in [0.15, 0.2) is 0 Å². The van der Waals surface area contributed by atoms with Crippen molar-refractivity contribution in [1.82, 2.24) is 15.1 Å². The molecule has 0 aliphatic carbocycles. The Morgan fingerprint density at radius 2 is 2.15 bits per heavy atom. The van der Waals surface area contributed by atoms with Gasteiger partial charge in [0.15, 0.2) is 0 Å². The molecule has 2 N–H and O–H groups in total. The van der Waals surface area contributed by atoms with Crippen LogP contribution in [0.4, 0.5) is 4.79 Å². The van der Waals surface area contributed by atoms with E-state index in [4.69, 9.17) is 5.11 Å². The number of aliphatic carboxylic acids is 1. The highest BCUT2D eigenvalue weighted by Gasteiger charge is 2.27. The Labute approximate surface area is 121 Å². The molecule has 0 aromatic carbocycles. The number of nitrogens with one attached hydrogen (secondary N) is 1. The van der Waals surface area contributed by atoms with Gasteiger partial charge in [0.05, 0.1) is 6.42 Å². The van der Waals surface area contributed by atoms with Gasteiger partial charge in [0.1, 0.15) is 0 Å². The van der Waals surface area contributed by atoms with Crippen molar-refractivity contribution in [2.24, 2.45) is 0 Å². The van der Waals surface area contributed by atoms with Gasteiger partial charge in [-0.1, -0.05) is 0 Å². The largest absolute Gasteiger partial charge is 0.481 e. The molecule has 0 radical (unpaired) electrons. The van der Waals surface area contributed by atoms with Gasteiger partial charge in [0.25, 0.3) is 0 Å². The van der Waals surface area contributed by atoms with Crippen molar-refractivity contribution in [2.45, 2.75) is 58.2 Å². The van der Waals surface area contributed by atoms with E-state index in [1.807, 2.05) is 6.92 Å². The lowest BCUT2D eigenvalue weighted by Crippen LogP contribution is -2.52. The second kappa shape index (κ2) is 7.47. The number of nitrogens with zero attached hydrogens (tertiary/aromatic N) is 2. The molecule has 1 fully saturated rings. The first-order valence-electron chi connectivity index (χ1n) is 7.34. The fraction of sp³-hybridized carbons (Fsp3) is 0.857. The van der Waals surface area contributed by atoms with E-state index in [1.165, 1.54) is 0 Å². The summed E-state index contributed by atoms with van der Waals surface area (Å²) in [5.74, 6) is -0.878. The minimum absolute atomic E-state index is 0.0228. The maximum atomic E-state index is 12.3. The molecule has 1 saturated heterocycles. The molecular formula is C14H27N3O3. The van der Waals surface area contributed by atoms with Crippen LogP contribution in [-0.2, 0) is 4.79 Å². The number of piperidine rings is 1. The Balaban J connectivity index is 2.53. The quantitative estimate of drug-likeness (QED) is 0.800. The number of urea groups is 1. The normalized spacial score (nSPS) is 25.0. The van der Waals surface area contributed by atoms with E-state index in [9.17, 15) is 9.59 Å². The SMILES string of the molecule is CCN(C(=O)NC1CCN(C)C(C)C1)C(C)CC(=O)O. The van der Waals surface area contributed by atoms with Crippen molar-refractivity contribution in [3.8, 4) is 0 Å². The Morgan fingerprint density at radius 3 is 2.65 bits per heavy atom. The molecule has 0 aromatic rings. The van der Waals surface area contributed by atoms with Gasteiger partial charge >= 0.3 is 12.0 Å². The molecule has 1 aliphatic rings. The van der Waals surface area contributed by atoms with Crippen LogP contribution in [0.1, 0.15) is 40.0 Å². The Hall–Kier alpha value is -1.30. The van der Waals surface area contributed by atoms with Crippen molar-refractivity contribution >= 4 is 12.0 Å². The first kappa shape index (κ1) is 16.8. The molecule has 0 aromatic heterocycles. The molecule has 20 heavy (non-hydrogen) atoms. The number of rotatable bonds is 5. The van der Waals surface area contributed by atoms with Crippen molar-refractivity contribution in [1.29, 1.82) is 0 Å². The third-order valence-electron chi connectivity index (χ3n) is 4.14. The topological polar surface area (TPSA) is 72.9 Å². The minimum atomic E-state index is -0.878. The predicted molar refractivity (Wildman–Crippen MR) is 77.7 cm³/mol. The van der Waals surface area contributed by atoms with Crippen molar-refractivity contribution in [2.75, 3.05) is 20.1 Å². The van der Waals surface area contributed by atoms with Crippen LogP contribution in [0.3, 0.4) is 0 Å². The zero-order valence-corrected chi connectivity index (χ0v) is 12.9. The molecule has 6 nitrogen and oxygen atoms in total. The number of amides is 2. The molecule has 0 bridgehead atoms. The number of carboxylic acids is 1. The van der Waals surface area contributed by atoms with E-state index < -0.39 is 5.97 Å². The molecule has 1 rings (SSSR count). The molecule has 0 saturated carbocycles. The lowest BCUT2D eigenvalue weighted by Gasteiger charge is -2.37. The standard InChI is InChI=1S/C14H27N3O3/c1-5-17(11(3)9-13(18)19)14(20)15-12-6-7-16(4)10(2)8-12/h10-12H,5-9H2,1-4H3,(H,15,20)(H,18,19). The lowest BCUT2D eigenvalue weighted by atomic mass is 9.99. The van der Waals surface area contributed by atoms with Crippen LogP contribution < -0.4 is 5.32 Å². The van der Waals surface area contributed by atoms with Crippen LogP contribution in [0, 0.1) is 0 Å². The van der Waals surface area contributed by atoms with Gasteiger partial charge in [-0.05, 0) is 40.7 Å². The fourth-order valence-corrected chi connectivity index (χ4v) is 2.70. The highest BCUT2D eigenvalue weighted by atomic mass is 16.4. The average molecular weight is 285 g/mol. The van der Waals surface area contributed by atoms with Crippen molar-refractivity contribution < 1.29 is 14.7 Å². The van der Waals surface area contributed by atoms with Crippen LogP contribution >= 0.6 is 0 Å². The molecule has 3 atom stereocenters. The summed E-state index contributed by atoms with van der Waals surface area (Å²) in [4.78, 5) is 26.9. The Bertz CT molecular complexity index is 349. The third kappa shape index (κ3) is 4.67. The monoisotopic (exact) mass is 285 g/mol. The van der Waals surface area contributed by atoms with E-state index in [0.29, 0.717) is 12.6 Å². The van der Waals surface area contributed by atoms with Gasteiger partial charge in [-0.2, -0.15) is 0 Å². The minimum Gasteiger partial charge on any atom is -0.481 e. The number of carbonyl (C=O) groups excluding carboxylic acids is 1. The summed E-state index contributed by atoms with van der Waals surface area (Å²) < 4.78 is 0. The number of hydrogen-bond donors (Lipinski definition) is 2. The number of hydrogen-bond acceptors (Lipinski definition) is 3. The first-order chi connectivity index (χ1) is 9.35. The predicted octanol–water partition coefficient (Wildman–Crippen LogP) is 1.36. The van der Waals surface area contributed by atoms with Gasteiger partial charge in [0.2, 0.25) is 0 Å². The summed E-state index contributed by atoms with van der Waals surface area (Å²) in [5.41, 5.74) is 0. The number of likely N-dealkylation sites (tertiary alicyclic amines) is 1. The number of carboxylic acid groups (broad SMARTS) is 1. The molecular weight excluding hydrogens is 258 g/mol. The van der Waals surface area contributed by atoms with Gasteiger partial charge in [0, 0.05) is 31.2 Å². The fourth-order valence-electron chi connectivity index (χ4n) is 2.70. The molecule has 6 heteroatoms. The molecule has 0 spiro atoms. The van der Waals surface area contributed by atoms with Crippen LogP contribution in [0.25, 0.3) is 0 Å². The molecule has 1 heterocycles. The van der Waals surface area contributed by atoms with E-state index in [-0.39, 0.29) is 24.5 Å². The smallest absolute Gasteiger partial charge is 0.317 e. The van der Waals surface area contributed by atoms with Crippen LogP contribution in [-0.4, -0.2) is 65.2 Å². The van der Waals surface area contributed by atoms with Crippen LogP contribution in [0.2, 0.25) is 0 Å². The van der Waals surface area contributed by atoms with E-state index in [2.05, 4.69) is 24.2 Å². The average Bonchev–Trinajstić information content (AvgIpc) is 2.33. The van der Waals surface area contributed by atoms with Crippen LogP contribution in [0.5, 0.6) is 0 Å². The number of carbonyl (C=O) groups is 2. The zero-order chi connectivity index (χ0) is 15.3. The maximum Gasteiger partial charge on any atom is 0.317 e. The summed E-state index contributed by atoms with van der Waals surface area (Å²) in [6.45, 7) is 7.29. The summed E-state index contributed by atoms with van der Waals surface area (Å²) in [7, 11) is 2.09. The summed E-state index contributed by atoms with van der Waals surface area (Å²) >= 11 is 0. The van der Waals surface area contributed by atoms with E-state index in [0.717, 1.165) is 19.4 Å². The van der Waals surface area contributed by atoms with Crippen molar-refractivity contribution in [3.05, 3.63) is 0 Å². The molecule has 2 amide bonds. The molecule has 3 unspecified atom stereocenters. The molecule has 116 valence electrons. The van der Waals surface area contributed by atoms with Gasteiger partial charge < -0.3 is 20.2 Å². The van der Waals surface area contributed by atoms with Gasteiger partial charge in [-0.15, -0.1) is 0 Å². The van der Waals surface area contributed by atoms with E-state index in [1.54, 1.807) is 11.8 Å². The highest BCUT2D eigenvalue weighted by molar-refractivity contribution is 5.76. The van der Waals surface area contributed by atoms with Crippen molar-refractivity contribution in [3.63, 3.8) is 0 Å². The summed E-state index contributed by atoms with van der Waals surface area (Å²) in [6, 6.07) is 0.199. The molecule has 1 aliphatic heterocycles. The zero-order valence-electron chi connectivity index (χ0n) is 12.9. The lowest BCUT2D eigenvalue weighted by molar-refractivity contribution is -0.138. The third-order valence-corrected chi connectivity index (χ3v) is 4.14. The van der Waals surface area contributed by atoms with Gasteiger partial charge in [-0.3, -0.25) is 4.79 Å². The van der Waals surface area contributed by atoms with E-state index >= 15 is 0 Å². The summed E-state index contributed by atoms with van der Waals surface area (Å²) in [5, 5.41) is 11.9. The highest BCUT2D eigenvalue weighted by Crippen LogP contribution is 2.16.